The summed E-state index contributed by atoms with van der Waals surface area (Å²) in [4.78, 5) is 33.1. The maximum atomic E-state index is 13.5. The molecule has 4 rings (SSSR count). The van der Waals surface area contributed by atoms with Crippen molar-refractivity contribution in [3.05, 3.63) is 66.7 Å². The Hall–Kier alpha value is -5.11. The molecule has 0 aliphatic heterocycles. The second-order valence-corrected chi connectivity index (χ2v) is 12.0. The summed E-state index contributed by atoms with van der Waals surface area (Å²) in [6, 6.07) is 17.7. The molecule has 3 aromatic carbocycles. The van der Waals surface area contributed by atoms with Gasteiger partial charge in [0.25, 0.3) is 15.9 Å². The van der Waals surface area contributed by atoms with Crippen LogP contribution in [0.3, 0.4) is 0 Å². The molecular weight excluding hydrogens is 576 g/mol. The molecule has 0 aliphatic rings. The van der Waals surface area contributed by atoms with Crippen LogP contribution in [0.15, 0.2) is 71.6 Å². The Labute approximate surface area is 249 Å². The molecule has 4 aromatic rings. The molecule has 0 spiro atoms. The third-order valence-electron chi connectivity index (χ3n) is 5.66. The van der Waals surface area contributed by atoms with E-state index in [1.807, 2.05) is 0 Å². The van der Waals surface area contributed by atoms with Crippen LogP contribution in [0.2, 0.25) is 0 Å². The highest BCUT2D eigenvalue weighted by Crippen LogP contribution is 2.31. The summed E-state index contributed by atoms with van der Waals surface area (Å²) in [6.45, 7) is 4.75. The van der Waals surface area contributed by atoms with Gasteiger partial charge in [-0.2, -0.15) is 0 Å². The Morgan fingerprint density at radius 3 is 2.05 bits per heavy atom. The van der Waals surface area contributed by atoms with Crippen molar-refractivity contribution in [1.29, 1.82) is 0 Å². The monoisotopic (exact) mass is 608 g/mol. The second-order valence-electron chi connectivity index (χ2n) is 10.3. The molecule has 0 aliphatic carbocycles. The minimum atomic E-state index is -4.22. The number of fused-ring (bicyclic) bond motifs is 1. The number of hydrogen-bond acceptors (Lipinski definition) is 10. The molecule has 0 unspecified atom stereocenters. The number of ether oxygens (including phenoxy) is 3. The lowest BCUT2D eigenvalue weighted by atomic mass is 10.1. The van der Waals surface area contributed by atoms with Gasteiger partial charge in [-0.3, -0.25) is 9.52 Å². The van der Waals surface area contributed by atoms with Gasteiger partial charge in [-0.1, -0.05) is 18.2 Å². The van der Waals surface area contributed by atoms with Gasteiger partial charge in [0.15, 0.2) is 18.2 Å². The molecule has 1 aromatic heterocycles. The van der Waals surface area contributed by atoms with E-state index in [0.29, 0.717) is 28.2 Å². The minimum Gasteiger partial charge on any atom is -0.497 e. The van der Waals surface area contributed by atoms with E-state index in [4.69, 9.17) is 14.2 Å². The highest BCUT2D eigenvalue weighted by atomic mass is 32.2. The Kier molecular flexibility index (Phi) is 9.19. The summed E-state index contributed by atoms with van der Waals surface area (Å²) in [5, 5.41) is 8.20. The first-order chi connectivity index (χ1) is 20.3. The smallest absolute Gasteiger partial charge is 0.408 e. The third kappa shape index (κ3) is 8.45. The van der Waals surface area contributed by atoms with Crippen molar-refractivity contribution in [1.82, 2.24) is 15.3 Å². The van der Waals surface area contributed by atoms with Crippen molar-refractivity contribution in [2.45, 2.75) is 31.2 Å². The molecule has 0 atom stereocenters. The molecule has 0 radical (unpaired) electrons. The highest BCUT2D eigenvalue weighted by molar-refractivity contribution is 7.92. The van der Waals surface area contributed by atoms with E-state index in [-0.39, 0.29) is 22.2 Å². The van der Waals surface area contributed by atoms with Crippen LogP contribution in [0, 0.1) is 0 Å². The number of sulfonamides is 1. The van der Waals surface area contributed by atoms with Crippen LogP contribution in [0.1, 0.15) is 20.8 Å². The van der Waals surface area contributed by atoms with Crippen molar-refractivity contribution in [2.75, 3.05) is 36.2 Å². The maximum Gasteiger partial charge on any atom is 0.408 e. The third-order valence-corrected chi connectivity index (χ3v) is 6.99. The first-order valence-corrected chi connectivity index (χ1v) is 14.5. The van der Waals surface area contributed by atoms with E-state index in [9.17, 15) is 18.0 Å². The van der Waals surface area contributed by atoms with Crippen molar-refractivity contribution in [3.63, 3.8) is 0 Å². The number of alkyl carbamates (subject to hydrolysis) is 1. The summed E-state index contributed by atoms with van der Waals surface area (Å²) in [5.74, 6) is 0.446. The number of amides is 2. The van der Waals surface area contributed by atoms with E-state index in [2.05, 4.69) is 30.6 Å². The average Bonchev–Trinajstić information content (AvgIpc) is 2.95. The molecular formula is C29H32N6O7S. The van der Waals surface area contributed by atoms with Crippen LogP contribution in [0.5, 0.6) is 11.5 Å². The van der Waals surface area contributed by atoms with Gasteiger partial charge < -0.3 is 30.2 Å². The molecule has 14 heteroatoms. The van der Waals surface area contributed by atoms with Crippen LogP contribution in [-0.4, -0.2) is 56.8 Å². The lowest BCUT2D eigenvalue weighted by Crippen LogP contribution is -2.41. The van der Waals surface area contributed by atoms with Gasteiger partial charge in [0, 0.05) is 35.1 Å². The van der Waals surface area contributed by atoms with Gasteiger partial charge in [-0.25, -0.2) is 23.2 Å². The van der Waals surface area contributed by atoms with Gasteiger partial charge >= 0.3 is 6.09 Å². The van der Waals surface area contributed by atoms with Gasteiger partial charge in [0.05, 0.1) is 30.1 Å². The Morgan fingerprint density at radius 2 is 1.44 bits per heavy atom. The number of rotatable bonds is 10. The van der Waals surface area contributed by atoms with Crippen molar-refractivity contribution < 1.29 is 32.2 Å². The molecule has 2 amide bonds. The number of para-hydroxylation sites is 2. The average molecular weight is 609 g/mol. The first-order valence-electron chi connectivity index (χ1n) is 13.0. The fourth-order valence-corrected chi connectivity index (χ4v) is 4.83. The van der Waals surface area contributed by atoms with E-state index >= 15 is 0 Å². The SMILES string of the molecule is COc1cc(Nc2nc3ccccc3nc2NS(=O)(=O)c2cccc(NC(=O)COC(=O)NC(C)(C)C)c2)cc(OC)c1. The number of carbonyl (C=O) groups excluding carboxylic acids is 2. The molecule has 43 heavy (non-hydrogen) atoms. The van der Waals surface area contributed by atoms with Crippen molar-refractivity contribution in [2.24, 2.45) is 0 Å². The number of methoxy groups -OCH3 is 2. The number of aromatic nitrogens is 2. The molecule has 0 bridgehead atoms. The van der Waals surface area contributed by atoms with Crippen LogP contribution in [0.4, 0.5) is 27.8 Å². The van der Waals surface area contributed by atoms with Gasteiger partial charge in [0.2, 0.25) is 0 Å². The number of anilines is 4. The molecule has 0 saturated heterocycles. The quantitative estimate of drug-likeness (QED) is 0.199. The Bertz CT molecular complexity index is 1730. The number of carbonyl (C=O) groups is 2. The summed E-state index contributed by atoms with van der Waals surface area (Å²) in [5.41, 5.74) is 1.16. The van der Waals surface area contributed by atoms with E-state index < -0.39 is 34.2 Å². The summed E-state index contributed by atoms with van der Waals surface area (Å²) < 4.78 is 45.1. The first kappa shape index (κ1) is 30.8. The van der Waals surface area contributed by atoms with Crippen molar-refractivity contribution >= 4 is 56.1 Å². The highest BCUT2D eigenvalue weighted by Gasteiger charge is 2.21. The zero-order chi connectivity index (χ0) is 31.2. The molecule has 0 fully saturated rings. The second kappa shape index (κ2) is 12.8. The van der Waals surface area contributed by atoms with E-state index in [1.165, 1.54) is 38.5 Å². The van der Waals surface area contributed by atoms with E-state index in [1.54, 1.807) is 63.2 Å². The van der Waals surface area contributed by atoms with Crippen LogP contribution >= 0.6 is 0 Å². The molecule has 1 heterocycles. The summed E-state index contributed by atoms with van der Waals surface area (Å²) in [6.07, 6.45) is -0.753. The van der Waals surface area contributed by atoms with Gasteiger partial charge in [-0.05, 0) is 51.1 Å². The molecule has 13 nitrogen and oxygen atoms in total. The summed E-state index contributed by atoms with van der Waals surface area (Å²) in [7, 11) is -1.18. The Balaban J connectivity index is 1.57. The van der Waals surface area contributed by atoms with Crippen LogP contribution in [0.25, 0.3) is 11.0 Å². The predicted molar refractivity (Wildman–Crippen MR) is 162 cm³/mol. The maximum absolute atomic E-state index is 13.5. The summed E-state index contributed by atoms with van der Waals surface area (Å²) >= 11 is 0. The lowest BCUT2D eigenvalue weighted by molar-refractivity contribution is -0.119. The van der Waals surface area contributed by atoms with Crippen LogP contribution in [-0.2, 0) is 19.6 Å². The zero-order valence-electron chi connectivity index (χ0n) is 24.2. The predicted octanol–water partition coefficient (Wildman–Crippen LogP) is 4.65. The minimum absolute atomic E-state index is 0.0619. The van der Waals surface area contributed by atoms with E-state index in [0.717, 1.165) is 0 Å². The number of hydrogen-bond donors (Lipinski definition) is 4. The normalized spacial score (nSPS) is 11.4. The number of nitrogens with zero attached hydrogens (tertiary/aromatic N) is 2. The topological polar surface area (TPSA) is 170 Å². The fourth-order valence-electron chi connectivity index (χ4n) is 3.77. The van der Waals surface area contributed by atoms with Gasteiger partial charge in [-0.15, -0.1) is 0 Å². The molecule has 0 saturated carbocycles. The molecule has 4 N–H and O–H groups in total. The standard InChI is InChI=1S/C29H32N6O7S/c1-29(2,3)34-28(37)42-17-25(36)30-18-9-8-10-22(15-18)43(38,39)35-27-26(32-23-11-6-7-12-24(23)33-27)31-19-13-20(40-4)16-21(14-19)41-5/h6-16H,17H2,1-5H3,(H,30,36)(H,31,32)(H,33,35)(H,34,37). The number of nitrogens with one attached hydrogen (secondary N) is 4. The van der Waals surface area contributed by atoms with Gasteiger partial charge in [0.1, 0.15) is 11.5 Å². The number of benzene rings is 3. The van der Waals surface area contributed by atoms with Crippen molar-refractivity contribution in [3.8, 4) is 11.5 Å². The lowest BCUT2D eigenvalue weighted by Gasteiger charge is -2.19. The van der Waals surface area contributed by atoms with Crippen LogP contribution < -0.4 is 30.1 Å². The molecule has 226 valence electrons. The largest absolute Gasteiger partial charge is 0.497 e. The Morgan fingerprint density at radius 1 is 0.814 bits per heavy atom. The zero-order valence-corrected chi connectivity index (χ0v) is 25.0. The fraction of sp³-hybridized carbons (Fsp3) is 0.241.